The Hall–Kier alpha value is -1.68. The highest BCUT2D eigenvalue weighted by Gasteiger charge is 2.26. The van der Waals surface area contributed by atoms with E-state index in [1.807, 2.05) is 10.9 Å². The summed E-state index contributed by atoms with van der Waals surface area (Å²) in [5.74, 6) is 1.61. The summed E-state index contributed by atoms with van der Waals surface area (Å²) in [7, 11) is 0. The van der Waals surface area contributed by atoms with Crippen LogP contribution in [0, 0.1) is 0 Å². The standard InChI is InChI=1S/C16H20N4/c17-10-13-9-12-3-1-2-4-14(12)18-16(13)20-8-7-15(19-20)11-5-6-11/h7-9,11H,1-6,10,17H2. The van der Waals surface area contributed by atoms with Gasteiger partial charge in [0.25, 0.3) is 0 Å². The topological polar surface area (TPSA) is 56.7 Å². The monoisotopic (exact) mass is 268 g/mol. The molecule has 2 aromatic heterocycles. The number of hydrogen-bond donors (Lipinski definition) is 1. The highest BCUT2D eigenvalue weighted by molar-refractivity contribution is 5.40. The first-order valence-corrected chi connectivity index (χ1v) is 7.63. The van der Waals surface area contributed by atoms with Crippen molar-refractivity contribution < 1.29 is 0 Å². The van der Waals surface area contributed by atoms with Crippen LogP contribution in [-0.2, 0) is 19.4 Å². The van der Waals surface area contributed by atoms with Crippen LogP contribution in [0.4, 0.5) is 0 Å². The van der Waals surface area contributed by atoms with E-state index in [1.165, 1.54) is 42.6 Å². The number of nitrogens with two attached hydrogens (primary N) is 1. The zero-order valence-corrected chi connectivity index (χ0v) is 11.7. The van der Waals surface area contributed by atoms with E-state index in [2.05, 4.69) is 12.1 Å². The molecule has 0 spiro atoms. The highest BCUT2D eigenvalue weighted by Crippen LogP contribution is 2.39. The fraction of sp³-hybridized carbons (Fsp3) is 0.500. The van der Waals surface area contributed by atoms with Crippen molar-refractivity contribution in [1.82, 2.24) is 14.8 Å². The Morgan fingerprint density at radius 2 is 2.10 bits per heavy atom. The van der Waals surface area contributed by atoms with Crippen molar-refractivity contribution in [3.05, 3.63) is 40.8 Å². The number of rotatable bonds is 3. The summed E-state index contributed by atoms with van der Waals surface area (Å²) in [6.07, 6.45) is 9.33. The molecule has 2 aliphatic rings. The largest absolute Gasteiger partial charge is 0.326 e. The SMILES string of the molecule is NCc1cc2c(nc1-n1ccc(C3CC3)n1)CCCC2. The van der Waals surface area contributed by atoms with Gasteiger partial charge in [0.15, 0.2) is 5.82 Å². The molecule has 4 heteroatoms. The Balaban J connectivity index is 1.78. The van der Waals surface area contributed by atoms with E-state index < -0.39 is 0 Å². The van der Waals surface area contributed by atoms with Crippen molar-refractivity contribution in [1.29, 1.82) is 0 Å². The Kier molecular flexibility index (Phi) is 2.84. The predicted molar refractivity (Wildman–Crippen MR) is 77.9 cm³/mol. The minimum Gasteiger partial charge on any atom is -0.326 e. The van der Waals surface area contributed by atoms with E-state index in [9.17, 15) is 0 Å². The molecule has 20 heavy (non-hydrogen) atoms. The molecule has 0 bridgehead atoms. The van der Waals surface area contributed by atoms with Crippen molar-refractivity contribution in [2.24, 2.45) is 5.73 Å². The first-order valence-electron chi connectivity index (χ1n) is 7.63. The molecule has 4 nitrogen and oxygen atoms in total. The van der Waals surface area contributed by atoms with Crippen LogP contribution in [0.5, 0.6) is 0 Å². The molecule has 0 aromatic carbocycles. The van der Waals surface area contributed by atoms with Crippen LogP contribution in [0.1, 0.15) is 54.1 Å². The summed E-state index contributed by atoms with van der Waals surface area (Å²) in [4.78, 5) is 4.87. The van der Waals surface area contributed by atoms with Crippen molar-refractivity contribution in [2.75, 3.05) is 0 Å². The predicted octanol–water partition coefficient (Wildman–Crippen LogP) is 2.48. The first-order chi connectivity index (χ1) is 9.85. The number of aromatic nitrogens is 3. The van der Waals surface area contributed by atoms with E-state index in [0.717, 1.165) is 24.2 Å². The average Bonchev–Trinajstić information content (AvgIpc) is 3.23. The van der Waals surface area contributed by atoms with Gasteiger partial charge < -0.3 is 5.73 Å². The molecule has 2 N–H and O–H groups in total. The van der Waals surface area contributed by atoms with Gasteiger partial charge in [-0.15, -0.1) is 0 Å². The molecule has 0 amide bonds. The van der Waals surface area contributed by atoms with E-state index in [0.29, 0.717) is 12.5 Å². The van der Waals surface area contributed by atoms with Crippen molar-refractivity contribution in [3.63, 3.8) is 0 Å². The lowest BCUT2D eigenvalue weighted by atomic mass is 9.95. The van der Waals surface area contributed by atoms with Crippen LogP contribution in [-0.4, -0.2) is 14.8 Å². The second-order valence-electron chi connectivity index (χ2n) is 5.95. The van der Waals surface area contributed by atoms with Crippen LogP contribution in [0.15, 0.2) is 18.3 Å². The Morgan fingerprint density at radius 1 is 1.25 bits per heavy atom. The van der Waals surface area contributed by atoms with E-state index in [4.69, 9.17) is 15.8 Å². The normalized spacial score (nSPS) is 18.1. The third kappa shape index (κ3) is 2.04. The summed E-state index contributed by atoms with van der Waals surface area (Å²) in [5, 5.41) is 4.70. The second kappa shape index (κ2) is 4.70. The summed E-state index contributed by atoms with van der Waals surface area (Å²) in [6.45, 7) is 0.522. The summed E-state index contributed by atoms with van der Waals surface area (Å²) < 4.78 is 1.92. The molecule has 2 heterocycles. The summed E-state index contributed by atoms with van der Waals surface area (Å²) >= 11 is 0. The van der Waals surface area contributed by atoms with Gasteiger partial charge >= 0.3 is 0 Å². The number of pyridine rings is 1. The maximum absolute atomic E-state index is 5.92. The van der Waals surface area contributed by atoms with Gasteiger partial charge in [-0.3, -0.25) is 0 Å². The fourth-order valence-electron chi connectivity index (χ4n) is 3.07. The van der Waals surface area contributed by atoms with Gasteiger partial charge in [-0.1, -0.05) is 0 Å². The zero-order chi connectivity index (χ0) is 13.5. The number of nitrogens with zero attached hydrogens (tertiary/aromatic N) is 3. The number of fused-ring (bicyclic) bond motifs is 1. The minimum absolute atomic E-state index is 0.522. The molecule has 2 aliphatic carbocycles. The lowest BCUT2D eigenvalue weighted by Crippen LogP contribution is -2.14. The van der Waals surface area contributed by atoms with E-state index >= 15 is 0 Å². The van der Waals surface area contributed by atoms with Gasteiger partial charge in [0.05, 0.1) is 5.69 Å². The third-order valence-corrected chi connectivity index (χ3v) is 4.40. The average molecular weight is 268 g/mol. The maximum atomic E-state index is 5.92. The van der Waals surface area contributed by atoms with Gasteiger partial charge in [-0.2, -0.15) is 5.10 Å². The summed E-state index contributed by atoms with van der Waals surface area (Å²) in [5.41, 5.74) is 10.9. The van der Waals surface area contributed by atoms with Crippen molar-refractivity contribution in [2.45, 2.75) is 51.0 Å². The Labute approximate surface area is 119 Å². The molecule has 0 radical (unpaired) electrons. The van der Waals surface area contributed by atoms with Gasteiger partial charge in [0, 0.05) is 29.9 Å². The Morgan fingerprint density at radius 3 is 2.90 bits per heavy atom. The quantitative estimate of drug-likeness (QED) is 0.930. The lowest BCUT2D eigenvalue weighted by molar-refractivity contribution is 0.657. The third-order valence-electron chi connectivity index (χ3n) is 4.40. The van der Waals surface area contributed by atoms with Crippen molar-refractivity contribution >= 4 is 0 Å². The number of aryl methyl sites for hydroxylation is 2. The molecule has 0 saturated heterocycles. The molecular weight excluding hydrogens is 248 g/mol. The van der Waals surface area contributed by atoms with Gasteiger partial charge in [-0.05, 0) is 56.2 Å². The molecule has 0 atom stereocenters. The van der Waals surface area contributed by atoms with Crippen molar-refractivity contribution in [3.8, 4) is 5.82 Å². The Bertz CT molecular complexity index is 640. The first kappa shape index (κ1) is 12.1. The van der Waals surface area contributed by atoms with Crippen LogP contribution in [0.25, 0.3) is 5.82 Å². The second-order valence-corrected chi connectivity index (χ2v) is 5.95. The molecule has 0 aliphatic heterocycles. The van der Waals surface area contributed by atoms with Gasteiger partial charge in [-0.25, -0.2) is 9.67 Å². The van der Waals surface area contributed by atoms with Crippen LogP contribution >= 0.6 is 0 Å². The van der Waals surface area contributed by atoms with Crippen LogP contribution in [0.3, 0.4) is 0 Å². The maximum Gasteiger partial charge on any atom is 0.158 e. The lowest BCUT2D eigenvalue weighted by Gasteiger charge is -2.18. The smallest absolute Gasteiger partial charge is 0.158 e. The van der Waals surface area contributed by atoms with Crippen LogP contribution < -0.4 is 5.73 Å². The molecule has 2 aromatic rings. The highest BCUT2D eigenvalue weighted by atomic mass is 15.3. The molecule has 104 valence electrons. The molecule has 1 saturated carbocycles. The molecule has 4 rings (SSSR count). The molecule has 0 unspecified atom stereocenters. The molecular formula is C16H20N4. The van der Waals surface area contributed by atoms with Crippen LogP contribution in [0.2, 0.25) is 0 Å². The zero-order valence-electron chi connectivity index (χ0n) is 11.7. The fourth-order valence-corrected chi connectivity index (χ4v) is 3.07. The van der Waals surface area contributed by atoms with E-state index in [1.54, 1.807) is 0 Å². The summed E-state index contributed by atoms with van der Waals surface area (Å²) in [6, 6.07) is 4.37. The van der Waals surface area contributed by atoms with Gasteiger partial charge in [0.2, 0.25) is 0 Å². The van der Waals surface area contributed by atoms with E-state index in [-0.39, 0.29) is 0 Å². The molecule has 1 fully saturated rings. The van der Waals surface area contributed by atoms with Gasteiger partial charge in [0.1, 0.15) is 0 Å². The minimum atomic E-state index is 0.522. The number of hydrogen-bond acceptors (Lipinski definition) is 3.